The summed E-state index contributed by atoms with van der Waals surface area (Å²) in [6.07, 6.45) is 1.63. The minimum absolute atomic E-state index is 0.0331. The maximum Gasteiger partial charge on any atom is 0.317 e. The van der Waals surface area contributed by atoms with Crippen LogP contribution < -0.4 is 5.32 Å². The third-order valence-electron chi connectivity index (χ3n) is 4.22. The first kappa shape index (κ1) is 16.6. The Morgan fingerprint density at radius 1 is 1.45 bits per heavy atom. The van der Waals surface area contributed by atoms with Gasteiger partial charge < -0.3 is 20.1 Å². The third kappa shape index (κ3) is 4.37. The summed E-state index contributed by atoms with van der Waals surface area (Å²) in [6, 6.07) is 7.08. The van der Waals surface area contributed by atoms with Crippen molar-refractivity contribution in [3.63, 3.8) is 0 Å². The summed E-state index contributed by atoms with van der Waals surface area (Å²) in [5, 5.41) is 12.3. The lowest BCUT2D eigenvalue weighted by molar-refractivity contribution is -0.0874. The number of hydrogen-bond donors (Lipinski definition) is 2. The van der Waals surface area contributed by atoms with E-state index in [0.29, 0.717) is 19.7 Å². The van der Waals surface area contributed by atoms with Gasteiger partial charge in [0.2, 0.25) is 0 Å². The molecule has 122 valence electrons. The number of nitrogens with zero attached hydrogens (tertiary/aromatic N) is 1. The molecule has 1 saturated heterocycles. The molecule has 0 spiro atoms. The molecule has 0 radical (unpaired) electrons. The molecule has 0 aliphatic carbocycles. The van der Waals surface area contributed by atoms with Crippen LogP contribution in [0.4, 0.5) is 4.79 Å². The average Bonchev–Trinajstić information content (AvgIpc) is 2.49. The average molecular weight is 306 g/mol. The van der Waals surface area contributed by atoms with Crippen molar-refractivity contribution in [3.05, 3.63) is 29.8 Å². The number of hydrogen-bond acceptors (Lipinski definition) is 3. The Morgan fingerprint density at radius 2 is 2.14 bits per heavy atom. The van der Waals surface area contributed by atoms with Gasteiger partial charge in [-0.1, -0.05) is 19.1 Å². The predicted molar refractivity (Wildman–Crippen MR) is 86.0 cm³/mol. The Morgan fingerprint density at radius 3 is 2.77 bits per heavy atom. The Labute approximate surface area is 132 Å². The summed E-state index contributed by atoms with van der Waals surface area (Å²) < 4.78 is 5.76. The molecule has 2 N–H and O–H groups in total. The summed E-state index contributed by atoms with van der Waals surface area (Å²) in [5.41, 5.74) is 0.849. The van der Waals surface area contributed by atoms with E-state index in [1.54, 1.807) is 12.1 Å². The molecule has 5 nitrogen and oxygen atoms in total. The van der Waals surface area contributed by atoms with E-state index in [1.165, 1.54) is 0 Å². The molecule has 0 bridgehead atoms. The van der Waals surface area contributed by atoms with E-state index < -0.39 is 0 Å². The van der Waals surface area contributed by atoms with E-state index in [4.69, 9.17) is 4.74 Å². The van der Waals surface area contributed by atoms with E-state index in [9.17, 15) is 9.90 Å². The zero-order chi connectivity index (χ0) is 16.2. The number of phenols is 1. The first-order valence-corrected chi connectivity index (χ1v) is 7.89. The highest BCUT2D eigenvalue weighted by molar-refractivity contribution is 5.74. The highest BCUT2D eigenvalue weighted by Gasteiger charge is 2.32. The molecule has 1 aromatic rings. The molecule has 1 aliphatic heterocycles. The molecule has 2 rings (SSSR count). The number of ether oxygens (including phenoxy) is 1. The Bertz CT molecular complexity index is 503. The molecule has 0 unspecified atom stereocenters. The zero-order valence-electron chi connectivity index (χ0n) is 13.6. The molecule has 0 aromatic heterocycles. The van der Waals surface area contributed by atoms with Crippen LogP contribution in [0.1, 0.15) is 32.8 Å². The second-order valence-electron chi connectivity index (χ2n) is 6.29. The van der Waals surface area contributed by atoms with E-state index in [-0.39, 0.29) is 23.4 Å². The third-order valence-corrected chi connectivity index (χ3v) is 4.22. The quantitative estimate of drug-likeness (QED) is 0.898. The lowest BCUT2D eigenvalue weighted by Crippen LogP contribution is -2.55. The van der Waals surface area contributed by atoms with Gasteiger partial charge in [0.1, 0.15) is 5.75 Å². The van der Waals surface area contributed by atoms with Gasteiger partial charge >= 0.3 is 6.03 Å². The molecule has 1 aromatic carbocycles. The predicted octanol–water partition coefficient (Wildman–Crippen LogP) is 2.53. The Hall–Kier alpha value is -1.75. The second kappa shape index (κ2) is 7.01. The van der Waals surface area contributed by atoms with Gasteiger partial charge in [0.25, 0.3) is 0 Å². The summed E-state index contributed by atoms with van der Waals surface area (Å²) in [4.78, 5) is 14.2. The van der Waals surface area contributed by atoms with E-state index >= 15 is 0 Å². The van der Waals surface area contributed by atoms with Gasteiger partial charge in [-0.15, -0.1) is 0 Å². The van der Waals surface area contributed by atoms with E-state index in [0.717, 1.165) is 18.4 Å². The lowest BCUT2D eigenvalue weighted by atomic mass is 10.0. The molecule has 5 heteroatoms. The van der Waals surface area contributed by atoms with Crippen molar-refractivity contribution in [1.29, 1.82) is 0 Å². The van der Waals surface area contributed by atoms with Crippen molar-refractivity contribution in [1.82, 2.24) is 10.2 Å². The number of benzene rings is 1. The number of carbonyl (C=O) groups excluding carboxylic acids is 1. The summed E-state index contributed by atoms with van der Waals surface area (Å²) in [7, 11) is 0. The van der Waals surface area contributed by atoms with Crippen molar-refractivity contribution < 1.29 is 14.6 Å². The molecular weight excluding hydrogens is 280 g/mol. The first-order chi connectivity index (χ1) is 10.4. The normalized spacial score (nSPS) is 23.1. The van der Waals surface area contributed by atoms with Crippen LogP contribution in [0, 0.1) is 0 Å². The van der Waals surface area contributed by atoms with Crippen LogP contribution in [0.2, 0.25) is 0 Å². The summed E-state index contributed by atoms with van der Waals surface area (Å²) >= 11 is 0. The standard InChI is InChI=1S/C17H26N2O3/c1-4-17(3)12-19(9-10-22-17)16(21)18-13(2)11-14-5-7-15(20)8-6-14/h5-8,13,20H,4,9-12H2,1-3H3,(H,18,21)/t13-,17-/m1/s1. The fraction of sp³-hybridized carbons (Fsp3) is 0.588. The number of amides is 2. The minimum atomic E-state index is -0.240. The van der Waals surface area contributed by atoms with Gasteiger partial charge in [0, 0.05) is 12.6 Å². The van der Waals surface area contributed by atoms with Gasteiger partial charge in [-0.3, -0.25) is 0 Å². The van der Waals surface area contributed by atoms with E-state index in [2.05, 4.69) is 12.2 Å². The number of nitrogens with one attached hydrogen (secondary N) is 1. The van der Waals surface area contributed by atoms with Crippen LogP contribution in [0.15, 0.2) is 24.3 Å². The molecule has 1 heterocycles. The van der Waals surface area contributed by atoms with Gasteiger partial charge in [-0.25, -0.2) is 4.79 Å². The van der Waals surface area contributed by atoms with Crippen molar-refractivity contribution in [2.45, 2.75) is 45.3 Å². The minimum Gasteiger partial charge on any atom is -0.508 e. The smallest absolute Gasteiger partial charge is 0.317 e. The first-order valence-electron chi connectivity index (χ1n) is 7.89. The highest BCUT2D eigenvalue weighted by atomic mass is 16.5. The number of aromatic hydroxyl groups is 1. The molecule has 1 fully saturated rings. The topological polar surface area (TPSA) is 61.8 Å². The second-order valence-corrected chi connectivity index (χ2v) is 6.29. The molecular formula is C17H26N2O3. The van der Waals surface area contributed by atoms with E-state index in [1.807, 2.05) is 30.9 Å². The zero-order valence-corrected chi connectivity index (χ0v) is 13.6. The van der Waals surface area contributed by atoms with Crippen molar-refractivity contribution in [2.75, 3.05) is 19.7 Å². The van der Waals surface area contributed by atoms with Crippen LogP contribution in [0.25, 0.3) is 0 Å². The maximum atomic E-state index is 12.4. The fourth-order valence-electron chi connectivity index (χ4n) is 2.66. The Kier molecular flexibility index (Phi) is 5.29. The number of rotatable bonds is 4. The summed E-state index contributed by atoms with van der Waals surface area (Å²) in [5.74, 6) is 0.257. The van der Waals surface area contributed by atoms with Crippen molar-refractivity contribution in [3.8, 4) is 5.75 Å². The SMILES string of the molecule is CC[C@]1(C)CN(C(=O)N[C@H](C)Cc2ccc(O)cc2)CCO1. The van der Waals surface area contributed by atoms with Crippen LogP contribution in [-0.4, -0.2) is 47.4 Å². The van der Waals surface area contributed by atoms with Crippen LogP contribution in [0.5, 0.6) is 5.75 Å². The van der Waals surface area contributed by atoms with Crippen LogP contribution in [0.3, 0.4) is 0 Å². The van der Waals surface area contributed by atoms with Crippen molar-refractivity contribution in [2.24, 2.45) is 0 Å². The number of urea groups is 1. The number of carbonyl (C=O) groups is 1. The monoisotopic (exact) mass is 306 g/mol. The molecule has 22 heavy (non-hydrogen) atoms. The van der Waals surface area contributed by atoms with Gasteiger partial charge in [0.15, 0.2) is 0 Å². The van der Waals surface area contributed by atoms with Crippen LogP contribution >= 0.6 is 0 Å². The van der Waals surface area contributed by atoms with Gasteiger partial charge in [-0.05, 0) is 44.4 Å². The molecule has 0 saturated carbocycles. The molecule has 2 amide bonds. The maximum absolute atomic E-state index is 12.4. The Balaban J connectivity index is 1.86. The largest absolute Gasteiger partial charge is 0.508 e. The summed E-state index contributed by atoms with van der Waals surface area (Å²) in [6.45, 7) is 7.96. The highest BCUT2D eigenvalue weighted by Crippen LogP contribution is 2.21. The van der Waals surface area contributed by atoms with Gasteiger partial charge in [0.05, 0.1) is 18.8 Å². The lowest BCUT2D eigenvalue weighted by Gasteiger charge is -2.40. The molecule has 2 atom stereocenters. The molecule has 1 aliphatic rings. The number of morpholine rings is 1. The fourth-order valence-corrected chi connectivity index (χ4v) is 2.66. The van der Waals surface area contributed by atoms with Gasteiger partial charge in [-0.2, -0.15) is 0 Å². The van der Waals surface area contributed by atoms with Crippen molar-refractivity contribution >= 4 is 6.03 Å². The number of phenolic OH excluding ortho intramolecular Hbond substituents is 1. The van der Waals surface area contributed by atoms with Crippen LogP contribution in [-0.2, 0) is 11.2 Å².